The van der Waals surface area contributed by atoms with Gasteiger partial charge >= 0.3 is 6.09 Å². The van der Waals surface area contributed by atoms with Crippen molar-refractivity contribution in [3.8, 4) is 11.5 Å². The number of ether oxygens (including phenoxy) is 2. The molecule has 5 aromatic rings. The molecule has 2 aromatic heterocycles. The third-order valence-corrected chi connectivity index (χ3v) is 16.9. The Morgan fingerprint density at radius 1 is 1.03 bits per heavy atom. The molecule has 2 N–H and O–H groups in total. The number of hydrogen-bond donors (Lipinski definition) is 2. The highest BCUT2D eigenvalue weighted by molar-refractivity contribution is 7.93. The molecule has 0 spiro atoms. The van der Waals surface area contributed by atoms with E-state index in [2.05, 4.69) is 59.6 Å². The topological polar surface area (TPSA) is 206 Å². The number of aromatic amines is 1. The number of nitro groups is 1. The number of aromatic nitrogens is 2. The number of anilines is 1. The average Bonchev–Trinajstić information content (AvgIpc) is 3.78. The Kier molecular flexibility index (Phi) is 14.1. The first-order chi connectivity index (χ1) is 32.0. The molecule has 2 amide bonds. The summed E-state index contributed by atoms with van der Waals surface area (Å²) in [6.07, 6.45) is 7.33. The fourth-order valence-electron chi connectivity index (χ4n) is 9.17. The summed E-state index contributed by atoms with van der Waals surface area (Å²) in [5.74, 6) is -0.0569. The Balaban J connectivity index is 0.977. The van der Waals surface area contributed by atoms with Gasteiger partial charge in [-0.1, -0.05) is 49.2 Å². The number of sulfonamides is 1. The third kappa shape index (κ3) is 11.5. The quantitative estimate of drug-likeness (QED) is 0.0836. The monoisotopic (exact) mass is 971 g/mol. The highest BCUT2D eigenvalue weighted by Crippen LogP contribution is 2.43. The lowest BCUT2D eigenvalue weighted by atomic mass is 9.72. The van der Waals surface area contributed by atoms with Crippen LogP contribution in [0.15, 0.2) is 100 Å². The first-order valence-electron chi connectivity index (χ1n) is 22.3. The van der Waals surface area contributed by atoms with E-state index in [1.165, 1.54) is 48.2 Å². The van der Waals surface area contributed by atoms with Crippen molar-refractivity contribution in [2.24, 2.45) is 15.7 Å². The van der Waals surface area contributed by atoms with Gasteiger partial charge in [0.1, 0.15) is 17.1 Å². The second kappa shape index (κ2) is 19.8. The minimum atomic E-state index is -4.61. The van der Waals surface area contributed by atoms with Gasteiger partial charge < -0.3 is 19.4 Å². The summed E-state index contributed by atoms with van der Waals surface area (Å²) in [7, 11) is -6.16. The normalized spacial score (nSPS) is 20.1. The van der Waals surface area contributed by atoms with E-state index in [-0.39, 0.29) is 40.6 Å². The molecule has 0 unspecified atom stereocenters. The summed E-state index contributed by atoms with van der Waals surface area (Å²) in [5.41, 5.74) is 5.56. The number of amides is 2. The van der Waals surface area contributed by atoms with E-state index < -0.39 is 47.3 Å². The first kappa shape index (κ1) is 47.7. The van der Waals surface area contributed by atoms with Crippen LogP contribution in [-0.2, 0) is 30.9 Å². The zero-order valence-corrected chi connectivity index (χ0v) is 40.1. The molecule has 2 aliphatic heterocycles. The molecule has 0 radical (unpaired) electrons. The zero-order valence-electron chi connectivity index (χ0n) is 37.7. The van der Waals surface area contributed by atoms with E-state index in [0.717, 1.165) is 61.1 Å². The second-order valence-corrected chi connectivity index (χ2v) is 22.9. The molecular formula is C48H54ClN7O9S2. The number of H-pyrrole nitrogens is 1. The van der Waals surface area contributed by atoms with Gasteiger partial charge in [0.05, 0.1) is 38.4 Å². The summed E-state index contributed by atoms with van der Waals surface area (Å²) in [5, 5.41) is 13.7. The molecule has 0 bridgehead atoms. The maximum atomic E-state index is 14.0. The maximum Gasteiger partial charge on any atom is 0.441 e. The van der Waals surface area contributed by atoms with Gasteiger partial charge in [0, 0.05) is 84.2 Å². The van der Waals surface area contributed by atoms with Crippen molar-refractivity contribution < 1.29 is 36.6 Å². The average molecular weight is 973 g/mol. The standard InChI is InChI=1S/C48H54ClN7O9S2/c1-48(2)18-14-36(42(29-48)33-6-9-37(49)10-7-33)31-54-20-22-55(23-21-54)38-11-13-41(44(27-38)65-39-26-35-15-19-50-45(35)51-30-39)46(57)52-67(62,63)40-12-8-34(43(28-40)56(59)60)5-4-32-16-24-66(61,25-17-32)53-47(58)64-3/h6-13,15,19,26-28,30,32H,4-5,14,16-18,20-25,29,31H2,1-3H3,(H,50,51)(H,52,57). The molecule has 19 heteroatoms. The predicted molar refractivity (Wildman–Crippen MR) is 259 cm³/mol. The molecule has 0 atom stereocenters. The summed E-state index contributed by atoms with van der Waals surface area (Å²) >= 11 is 6.24. The molecule has 4 heterocycles. The Morgan fingerprint density at radius 2 is 1.78 bits per heavy atom. The van der Waals surface area contributed by atoms with E-state index >= 15 is 0 Å². The molecule has 67 heavy (non-hydrogen) atoms. The van der Waals surface area contributed by atoms with Crippen molar-refractivity contribution in [3.63, 3.8) is 0 Å². The van der Waals surface area contributed by atoms with Crippen LogP contribution in [0.5, 0.6) is 11.5 Å². The number of hydrogen-bond acceptors (Lipinski definition) is 12. The van der Waals surface area contributed by atoms with E-state index in [0.29, 0.717) is 49.3 Å². The lowest BCUT2D eigenvalue weighted by Gasteiger charge is -2.39. The van der Waals surface area contributed by atoms with Crippen LogP contribution >= 0.6 is 11.6 Å². The van der Waals surface area contributed by atoms with Gasteiger partial charge in [0.15, 0.2) is 0 Å². The number of fused-ring (bicyclic) bond motifs is 1. The SMILES string of the molecule is COC(=O)N=S1(=O)CCC(CCc2ccc(S(=O)(=O)NC(=O)c3ccc(N4CCN(CC5=C(c6ccc(Cl)cc6)CC(C)(C)CC5)CC4)cc3Oc3cnc4[nH]ccc4c3)cc2[N+](=O)[O-])CC1. The number of benzene rings is 3. The number of piperazine rings is 1. The van der Waals surface area contributed by atoms with E-state index in [1.54, 1.807) is 24.4 Å². The van der Waals surface area contributed by atoms with E-state index in [9.17, 15) is 32.3 Å². The van der Waals surface area contributed by atoms with Gasteiger partial charge in [-0.05, 0) is 110 Å². The van der Waals surface area contributed by atoms with Crippen LogP contribution in [-0.4, -0.2) is 95.8 Å². The molecule has 3 aromatic carbocycles. The number of nitrogens with zero attached hydrogens (tertiary/aromatic N) is 5. The Hall–Kier alpha value is -5.82. The first-order valence-corrected chi connectivity index (χ1v) is 26.0. The van der Waals surface area contributed by atoms with Crippen LogP contribution in [0.25, 0.3) is 16.6 Å². The number of nitro benzene ring substituents is 1. The predicted octanol–water partition coefficient (Wildman–Crippen LogP) is 9.40. The lowest BCUT2D eigenvalue weighted by molar-refractivity contribution is -0.385. The van der Waals surface area contributed by atoms with Crippen molar-refractivity contribution in [2.75, 3.05) is 56.2 Å². The number of rotatable bonds is 13. The molecule has 3 aliphatic rings. The maximum absolute atomic E-state index is 14.0. The molecule has 16 nitrogen and oxygen atoms in total. The number of allylic oxidation sites excluding steroid dienone is 1. The summed E-state index contributed by atoms with van der Waals surface area (Å²) in [6, 6.07) is 20.3. The lowest BCUT2D eigenvalue weighted by Crippen LogP contribution is -2.47. The third-order valence-electron chi connectivity index (χ3n) is 13.1. The molecular weight excluding hydrogens is 918 g/mol. The molecule has 1 aliphatic carbocycles. The van der Waals surface area contributed by atoms with Gasteiger partial charge in [-0.2, -0.15) is 0 Å². The highest BCUT2D eigenvalue weighted by atomic mass is 35.5. The van der Waals surface area contributed by atoms with Gasteiger partial charge in [-0.25, -0.2) is 27.1 Å². The highest BCUT2D eigenvalue weighted by Gasteiger charge is 2.31. The summed E-state index contributed by atoms with van der Waals surface area (Å²) in [4.78, 5) is 48.9. The van der Waals surface area contributed by atoms with Gasteiger partial charge in [-0.3, -0.25) is 19.8 Å². The van der Waals surface area contributed by atoms with Crippen LogP contribution in [0.1, 0.15) is 73.9 Å². The molecule has 354 valence electrons. The molecule has 2 saturated heterocycles. The van der Waals surface area contributed by atoms with Gasteiger partial charge in [0.25, 0.3) is 21.6 Å². The number of nitrogens with one attached hydrogen (secondary N) is 2. The van der Waals surface area contributed by atoms with Gasteiger partial charge in [-0.15, -0.1) is 4.36 Å². The van der Waals surface area contributed by atoms with Crippen LogP contribution in [0.2, 0.25) is 5.02 Å². The summed E-state index contributed by atoms with van der Waals surface area (Å²) in [6.45, 7) is 8.53. The minimum absolute atomic E-state index is 0.0658. The van der Waals surface area contributed by atoms with Crippen molar-refractivity contribution >= 4 is 71.3 Å². The van der Waals surface area contributed by atoms with Crippen molar-refractivity contribution in [1.29, 1.82) is 0 Å². The van der Waals surface area contributed by atoms with Crippen LogP contribution < -0.4 is 14.4 Å². The molecule has 0 saturated carbocycles. The zero-order chi connectivity index (χ0) is 47.5. The van der Waals surface area contributed by atoms with Crippen molar-refractivity contribution in [3.05, 3.63) is 123 Å². The Bertz CT molecular complexity index is 2960. The number of carbonyl (C=O) groups excluding carboxylic acids is 2. The molecule has 2 fully saturated rings. The largest absolute Gasteiger partial charge is 0.455 e. The smallest absolute Gasteiger partial charge is 0.441 e. The minimum Gasteiger partial charge on any atom is -0.455 e. The summed E-state index contributed by atoms with van der Waals surface area (Å²) < 4.78 is 57.2. The van der Waals surface area contributed by atoms with Crippen LogP contribution in [0.3, 0.4) is 0 Å². The number of aryl methyl sites for hydroxylation is 1. The fraction of sp³-hybridized carbons (Fsp3) is 0.396. The van der Waals surface area contributed by atoms with E-state index in [4.69, 9.17) is 16.3 Å². The van der Waals surface area contributed by atoms with Crippen LogP contribution in [0.4, 0.5) is 16.2 Å². The van der Waals surface area contributed by atoms with Crippen molar-refractivity contribution in [1.82, 2.24) is 19.6 Å². The molecule has 8 rings (SSSR count). The fourth-order valence-corrected chi connectivity index (χ4v) is 12.4. The Morgan fingerprint density at radius 3 is 2.49 bits per heavy atom. The Labute approximate surface area is 395 Å². The number of pyridine rings is 1. The number of halogens is 1. The second-order valence-electron chi connectivity index (χ2n) is 18.3. The number of methoxy groups -OCH3 is 1. The van der Waals surface area contributed by atoms with Crippen LogP contribution in [0, 0.1) is 21.4 Å². The number of carbonyl (C=O) groups is 2. The van der Waals surface area contributed by atoms with Gasteiger partial charge in [0.2, 0.25) is 0 Å². The van der Waals surface area contributed by atoms with Crippen molar-refractivity contribution in [2.45, 2.75) is 63.7 Å². The van der Waals surface area contributed by atoms with E-state index in [1.807, 2.05) is 18.2 Å².